The fourth-order valence-corrected chi connectivity index (χ4v) is 3.88. The zero-order valence-electron chi connectivity index (χ0n) is 16.6. The molecule has 0 unspecified atom stereocenters. The molecule has 0 bridgehead atoms. The summed E-state index contributed by atoms with van der Waals surface area (Å²) in [4.78, 5) is 17.0. The number of fused-ring (bicyclic) bond motifs is 2. The zero-order valence-corrected chi connectivity index (χ0v) is 18.2. The topological polar surface area (TPSA) is 96.5 Å². The highest BCUT2D eigenvalue weighted by Gasteiger charge is 2.12. The minimum absolute atomic E-state index is 0.245. The van der Waals surface area contributed by atoms with Crippen LogP contribution in [0.4, 0.5) is 0 Å². The van der Waals surface area contributed by atoms with Gasteiger partial charge in [-0.3, -0.25) is 14.9 Å². The van der Waals surface area contributed by atoms with Crippen LogP contribution in [0.3, 0.4) is 0 Å². The number of nitrogens with one attached hydrogen (secondary N) is 2. The Kier molecular flexibility index (Phi) is 5.43. The van der Waals surface area contributed by atoms with E-state index < -0.39 is 0 Å². The van der Waals surface area contributed by atoms with Crippen LogP contribution in [0.15, 0.2) is 60.9 Å². The van der Waals surface area contributed by atoms with Crippen LogP contribution in [0.1, 0.15) is 27.3 Å². The van der Waals surface area contributed by atoms with Crippen molar-refractivity contribution in [3.05, 3.63) is 93.5 Å². The van der Waals surface area contributed by atoms with Gasteiger partial charge in [-0.2, -0.15) is 10.2 Å². The first-order valence-electron chi connectivity index (χ1n) is 9.82. The van der Waals surface area contributed by atoms with E-state index in [9.17, 15) is 4.79 Å². The van der Waals surface area contributed by atoms with Gasteiger partial charge >= 0.3 is 0 Å². The van der Waals surface area contributed by atoms with Gasteiger partial charge in [0.25, 0.3) is 5.91 Å². The molecule has 0 saturated heterocycles. The molecule has 9 heteroatoms. The van der Waals surface area contributed by atoms with E-state index in [2.05, 4.69) is 30.7 Å². The van der Waals surface area contributed by atoms with Crippen molar-refractivity contribution in [3.8, 4) is 0 Å². The largest absolute Gasteiger partial charge is 0.345 e. The molecule has 0 radical (unpaired) electrons. The van der Waals surface area contributed by atoms with Crippen LogP contribution in [0.25, 0.3) is 21.8 Å². The van der Waals surface area contributed by atoms with Gasteiger partial charge in [0.1, 0.15) is 0 Å². The number of benzene rings is 2. The van der Waals surface area contributed by atoms with E-state index in [1.54, 1.807) is 24.5 Å². The Bertz CT molecular complexity index is 1470. The van der Waals surface area contributed by atoms with Gasteiger partial charge in [0.15, 0.2) is 5.69 Å². The number of carbonyl (C=O) groups excluding carboxylic acids is 1. The average Bonchev–Trinajstić information content (AvgIpc) is 3.19. The van der Waals surface area contributed by atoms with Crippen LogP contribution < -0.4 is 5.32 Å². The highest BCUT2D eigenvalue weighted by molar-refractivity contribution is 6.31. The van der Waals surface area contributed by atoms with Gasteiger partial charge in [0, 0.05) is 22.0 Å². The quantitative estimate of drug-likeness (QED) is 0.393. The molecule has 0 atom stereocenters. The normalized spacial score (nSPS) is 11.2. The third-order valence-corrected chi connectivity index (χ3v) is 5.53. The lowest BCUT2D eigenvalue weighted by molar-refractivity contribution is 0.0944. The molecule has 5 aromatic rings. The van der Waals surface area contributed by atoms with Crippen molar-refractivity contribution in [1.29, 1.82) is 0 Å². The summed E-state index contributed by atoms with van der Waals surface area (Å²) in [6.07, 6.45) is 3.88. The lowest BCUT2D eigenvalue weighted by Gasteiger charge is -2.07. The van der Waals surface area contributed by atoms with E-state index >= 15 is 0 Å². The Balaban J connectivity index is 1.31. The van der Waals surface area contributed by atoms with E-state index in [4.69, 9.17) is 23.2 Å². The first-order valence-corrected chi connectivity index (χ1v) is 10.6. The molecular weight excluding hydrogens is 447 g/mol. The van der Waals surface area contributed by atoms with Gasteiger partial charge in [-0.15, -0.1) is 5.10 Å². The summed E-state index contributed by atoms with van der Waals surface area (Å²) >= 11 is 12.1. The van der Waals surface area contributed by atoms with Gasteiger partial charge < -0.3 is 5.32 Å². The highest BCUT2D eigenvalue weighted by atomic mass is 35.5. The maximum absolute atomic E-state index is 12.7. The molecule has 3 aromatic heterocycles. The molecule has 2 aromatic carbocycles. The Morgan fingerprint density at radius 2 is 1.81 bits per heavy atom. The standard InChI is InChI=1S/C23H16Cl2N6O/c24-16-2-4-20-18(9-16)22(31-30-20)12-27-23(32)21-7-14(10-28-29-21)5-13-1-3-19-15(6-13)8-17(25)11-26-19/h1-4,6-11H,5,12H2,(H,27,32)(H,30,31). The number of H-pyrrole nitrogens is 1. The van der Waals surface area contributed by atoms with E-state index in [-0.39, 0.29) is 18.1 Å². The molecule has 0 aliphatic carbocycles. The number of aromatic nitrogens is 5. The van der Waals surface area contributed by atoms with E-state index in [0.717, 1.165) is 38.6 Å². The fourth-order valence-electron chi connectivity index (χ4n) is 3.54. The summed E-state index contributed by atoms with van der Waals surface area (Å²) in [7, 11) is 0. The second-order valence-corrected chi connectivity index (χ2v) is 8.23. The average molecular weight is 463 g/mol. The Morgan fingerprint density at radius 3 is 2.72 bits per heavy atom. The van der Waals surface area contributed by atoms with Crippen LogP contribution in [0, 0.1) is 0 Å². The molecule has 5 rings (SSSR count). The minimum Gasteiger partial charge on any atom is -0.345 e. The molecular formula is C23H16Cl2N6O. The molecule has 0 spiro atoms. The number of hydrogen-bond donors (Lipinski definition) is 2. The Labute approximate surface area is 192 Å². The fraction of sp³-hybridized carbons (Fsp3) is 0.0870. The molecule has 3 heterocycles. The second-order valence-electron chi connectivity index (χ2n) is 7.35. The van der Waals surface area contributed by atoms with E-state index in [1.807, 2.05) is 36.4 Å². The molecule has 0 aliphatic heterocycles. The van der Waals surface area contributed by atoms with Crippen molar-refractivity contribution in [2.45, 2.75) is 13.0 Å². The zero-order chi connectivity index (χ0) is 22.1. The molecule has 0 saturated carbocycles. The van der Waals surface area contributed by atoms with Crippen LogP contribution in [-0.4, -0.2) is 31.3 Å². The van der Waals surface area contributed by atoms with Crippen molar-refractivity contribution < 1.29 is 4.79 Å². The first-order chi connectivity index (χ1) is 15.5. The third-order valence-electron chi connectivity index (χ3n) is 5.09. The van der Waals surface area contributed by atoms with Gasteiger partial charge in [0.2, 0.25) is 0 Å². The SMILES string of the molecule is O=C(NCc1[nH]nc2ccc(Cl)cc12)c1cc(Cc2ccc3ncc(Cl)cc3c2)cnn1. The smallest absolute Gasteiger partial charge is 0.272 e. The van der Waals surface area contributed by atoms with E-state index in [0.29, 0.717) is 16.5 Å². The number of aromatic amines is 1. The number of amides is 1. The summed E-state index contributed by atoms with van der Waals surface area (Å²) in [5.74, 6) is -0.321. The van der Waals surface area contributed by atoms with Crippen molar-refractivity contribution >= 4 is 50.9 Å². The van der Waals surface area contributed by atoms with Gasteiger partial charge in [-0.25, -0.2) is 0 Å². The number of hydrogen-bond acceptors (Lipinski definition) is 5. The number of halogens is 2. The molecule has 1 amide bonds. The molecule has 0 aliphatic rings. The van der Waals surface area contributed by atoms with Crippen molar-refractivity contribution in [2.75, 3.05) is 0 Å². The molecule has 7 nitrogen and oxygen atoms in total. The van der Waals surface area contributed by atoms with Gasteiger partial charge in [-0.1, -0.05) is 29.3 Å². The predicted octanol–water partition coefficient (Wildman–Crippen LogP) is 4.73. The van der Waals surface area contributed by atoms with Crippen LogP contribution in [0.2, 0.25) is 10.0 Å². The summed E-state index contributed by atoms with van der Waals surface area (Å²) in [5.41, 5.74) is 4.60. The maximum atomic E-state index is 12.7. The lowest BCUT2D eigenvalue weighted by atomic mass is 10.0. The minimum atomic E-state index is -0.321. The van der Waals surface area contributed by atoms with Crippen molar-refractivity contribution in [3.63, 3.8) is 0 Å². The third kappa shape index (κ3) is 4.26. The van der Waals surface area contributed by atoms with Crippen LogP contribution in [0.5, 0.6) is 0 Å². The van der Waals surface area contributed by atoms with E-state index in [1.165, 1.54) is 0 Å². The van der Waals surface area contributed by atoms with Crippen molar-refractivity contribution in [1.82, 2.24) is 30.7 Å². The van der Waals surface area contributed by atoms with Crippen LogP contribution in [-0.2, 0) is 13.0 Å². The first kappa shape index (κ1) is 20.4. The molecule has 158 valence electrons. The molecule has 32 heavy (non-hydrogen) atoms. The number of pyridine rings is 1. The summed E-state index contributed by atoms with van der Waals surface area (Å²) in [5, 5.41) is 21.0. The van der Waals surface area contributed by atoms with Crippen LogP contribution >= 0.6 is 23.2 Å². The number of carbonyl (C=O) groups is 1. The number of nitrogens with zero attached hydrogens (tertiary/aromatic N) is 4. The highest BCUT2D eigenvalue weighted by Crippen LogP contribution is 2.21. The van der Waals surface area contributed by atoms with Gasteiger partial charge in [0.05, 0.1) is 34.5 Å². The summed E-state index contributed by atoms with van der Waals surface area (Å²) < 4.78 is 0. The Morgan fingerprint density at radius 1 is 0.938 bits per heavy atom. The van der Waals surface area contributed by atoms with Crippen molar-refractivity contribution in [2.24, 2.45) is 0 Å². The summed E-state index contributed by atoms with van der Waals surface area (Å²) in [6.45, 7) is 0.264. The molecule has 0 fully saturated rings. The number of rotatable bonds is 5. The molecule has 2 N–H and O–H groups in total. The Hall–Kier alpha value is -3.55. The van der Waals surface area contributed by atoms with Gasteiger partial charge in [-0.05, 0) is 60.0 Å². The maximum Gasteiger partial charge on any atom is 0.272 e. The second kappa shape index (κ2) is 8.53. The predicted molar refractivity (Wildman–Crippen MR) is 124 cm³/mol. The summed E-state index contributed by atoms with van der Waals surface area (Å²) in [6, 6.07) is 15.0. The lowest BCUT2D eigenvalue weighted by Crippen LogP contribution is -2.24. The monoisotopic (exact) mass is 462 g/mol.